The Balaban J connectivity index is 1.92. The minimum atomic E-state index is -0.458. The second-order valence-corrected chi connectivity index (χ2v) is 5.23. The molecule has 0 radical (unpaired) electrons. The van der Waals surface area contributed by atoms with E-state index in [-0.39, 0.29) is 6.04 Å². The third kappa shape index (κ3) is 1.73. The molecule has 0 aliphatic carbocycles. The first-order chi connectivity index (χ1) is 7.84. The number of benzene rings is 1. The molecule has 4 heteroatoms. The molecule has 3 nitrogen and oxygen atoms in total. The molecule has 0 saturated carbocycles. The van der Waals surface area contributed by atoms with E-state index >= 15 is 0 Å². The summed E-state index contributed by atoms with van der Waals surface area (Å²) >= 11 is 1.59. The minimum Gasteiger partial charge on any atom is -0.384 e. The maximum Gasteiger partial charge on any atom is 0.124 e. The fourth-order valence-corrected chi connectivity index (χ4v) is 3.19. The lowest BCUT2D eigenvalue weighted by atomic mass is 10.1. The van der Waals surface area contributed by atoms with Crippen LogP contribution < -0.4 is 5.32 Å². The van der Waals surface area contributed by atoms with E-state index in [0.29, 0.717) is 0 Å². The van der Waals surface area contributed by atoms with Crippen LogP contribution >= 0.6 is 11.3 Å². The average molecular weight is 234 g/mol. The Morgan fingerprint density at radius 3 is 3.06 bits per heavy atom. The van der Waals surface area contributed by atoms with Crippen LogP contribution in [0.1, 0.15) is 24.0 Å². The molecular formula is C12H14N2OS. The molecule has 0 spiro atoms. The van der Waals surface area contributed by atoms with Gasteiger partial charge in [-0.3, -0.25) is 0 Å². The van der Waals surface area contributed by atoms with Gasteiger partial charge in [0.25, 0.3) is 0 Å². The van der Waals surface area contributed by atoms with Crippen LogP contribution in [0.2, 0.25) is 0 Å². The lowest BCUT2D eigenvalue weighted by Gasteiger charge is -2.15. The van der Waals surface area contributed by atoms with Gasteiger partial charge in [-0.1, -0.05) is 12.1 Å². The van der Waals surface area contributed by atoms with Crippen molar-refractivity contribution < 1.29 is 5.11 Å². The van der Waals surface area contributed by atoms with E-state index in [2.05, 4.69) is 10.3 Å². The van der Waals surface area contributed by atoms with E-state index in [4.69, 9.17) is 0 Å². The van der Waals surface area contributed by atoms with Crippen molar-refractivity contribution >= 4 is 21.6 Å². The van der Waals surface area contributed by atoms with Crippen molar-refractivity contribution in [3.63, 3.8) is 0 Å². The summed E-state index contributed by atoms with van der Waals surface area (Å²) in [6, 6.07) is 8.20. The topological polar surface area (TPSA) is 45.2 Å². The van der Waals surface area contributed by atoms with Crippen LogP contribution in [0.4, 0.5) is 0 Å². The monoisotopic (exact) mass is 234 g/mol. The van der Waals surface area contributed by atoms with Crippen LogP contribution in [0, 0.1) is 0 Å². The van der Waals surface area contributed by atoms with Gasteiger partial charge in [-0.05, 0) is 31.5 Å². The summed E-state index contributed by atoms with van der Waals surface area (Å²) in [4.78, 5) is 4.49. The van der Waals surface area contributed by atoms with Gasteiger partial charge in [0.1, 0.15) is 11.1 Å². The molecule has 1 aliphatic heterocycles. The average Bonchev–Trinajstić information content (AvgIpc) is 2.97. The highest BCUT2D eigenvalue weighted by atomic mass is 32.1. The highest BCUT2D eigenvalue weighted by Crippen LogP contribution is 2.30. The third-order valence-electron chi connectivity index (χ3n) is 3.04. The van der Waals surface area contributed by atoms with Crippen LogP contribution in [-0.4, -0.2) is 22.7 Å². The van der Waals surface area contributed by atoms with E-state index in [1.807, 2.05) is 24.3 Å². The highest BCUT2D eigenvalue weighted by Gasteiger charge is 2.26. The van der Waals surface area contributed by atoms with Gasteiger partial charge in [-0.2, -0.15) is 0 Å². The molecule has 84 valence electrons. The van der Waals surface area contributed by atoms with Gasteiger partial charge in [-0.25, -0.2) is 4.98 Å². The molecule has 2 heterocycles. The molecule has 1 fully saturated rings. The number of aromatic nitrogens is 1. The summed E-state index contributed by atoms with van der Waals surface area (Å²) in [5, 5.41) is 14.4. The van der Waals surface area contributed by atoms with Gasteiger partial charge >= 0.3 is 0 Å². The third-order valence-corrected chi connectivity index (χ3v) is 4.15. The Labute approximate surface area is 98.1 Å². The quantitative estimate of drug-likeness (QED) is 0.836. The summed E-state index contributed by atoms with van der Waals surface area (Å²) in [5.41, 5.74) is 0.986. The van der Waals surface area contributed by atoms with Crippen molar-refractivity contribution in [2.75, 3.05) is 6.54 Å². The molecule has 0 amide bonds. The van der Waals surface area contributed by atoms with Crippen LogP contribution in [0.25, 0.3) is 10.2 Å². The number of hydrogen-bond donors (Lipinski definition) is 2. The fraction of sp³-hybridized carbons (Fsp3) is 0.417. The predicted molar refractivity (Wildman–Crippen MR) is 65.6 cm³/mol. The molecule has 1 aromatic carbocycles. The second kappa shape index (κ2) is 4.13. The second-order valence-electron chi connectivity index (χ2n) is 4.17. The van der Waals surface area contributed by atoms with Crippen LogP contribution in [0.15, 0.2) is 24.3 Å². The molecule has 16 heavy (non-hydrogen) atoms. The van der Waals surface area contributed by atoms with Crippen molar-refractivity contribution in [1.29, 1.82) is 0 Å². The molecule has 3 rings (SSSR count). The lowest BCUT2D eigenvalue weighted by molar-refractivity contribution is 0.137. The predicted octanol–water partition coefficient (Wildman–Crippen LogP) is 2.08. The van der Waals surface area contributed by atoms with Crippen molar-refractivity contribution in [3.8, 4) is 0 Å². The molecule has 1 saturated heterocycles. The van der Waals surface area contributed by atoms with Crippen molar-refractivity contribution in [3.05, 3.63) is 29.3 Å². The first-order valence-corrected chi connectivity index (χ1v) is 6.43. The number of para-hydroxylation sites is 1. The van der Waals surface area contributed by atoms with Gasteiger partial charge in [0.15, 0.2) is 0 Å². The molecule has 2 aromatic rings. The van der Waals surface area contributed by atoms with E-state index in [1.54, 1.807) is 11.3 Å². The summed E-state index contributed by atoms with van der Waals surface area (Å²) in [5.74, 6) is 0. The number of nitrogens with one attached hydrogen (secondary N) is 1. The van der Waals surface area contributed by atoms with Crippen molar-refractivity contribution in [2.45, 2.75) is 25.0 Å². The normalized spacial score (nSPS) is 22.7. The molecule has 0 unspecified atom stereocenters. The van der Waals surface area contributed by atoms with E-state index in [9.17, 15) is 5.11 Å². The zero-order valence-corrected chi connectivity index (χ0v) is 9.70. The van der Waals surface area contributed by atoms with Gasteiger partial charge < -0.3 is 10.4 Å². The standard InChI is InChI=1S/C12H14N2OS/c15-11(9-5-3-7-13-9)12-14-8-4-1-2-6-10(8)16-12/h1-2,4,6,9,11,13,15H,3,5,7H2/t9-,11-/m0/s1. The molecular weight excluding hydrogens is 220 g/mol. The molecule has 1 aliphatic rings. The Bertz CT molecular complexity index is 457. The summed E-state index contributed by atoms with van der Waals surface area (Å²) < 4.78 is 1.15. The van der Waals surface area contributed by atoms with E-state index in [1.165, 1.54) is 0 Å². The zero-order chi connectivity index (χ0) is 11.0. The first-order valence-electron chi connectivity index (χ1n) is 5.61. The number of aliphatic hydroxyl groups is 1. The van der Waals surface area contributed by atoms with Gasteiger partial charge in [0.2, 0.25) is 0 Å². The zero-order valence-electron chi connectivity index (χ0n) is 8.89. The molecule has 2 N–H and O–H groups in total. The Hall–Kier alpha value is -0.970. The van der Waals surface area contributed by atoms with Gasteiger partial charge in [-0.15, -0.1) is 11.3 Å². The van der Waals surface area contributed by atoms with Crippen LogP contribution in [-0.2, 0) is 0 Å². The van der Waals surface area contributed by atoms with Crippen molar-refractivity contribution in [2.24, 2.45) is 0 Å². The summed E-state index contributed by atoms with van der Waals surface area (Å²) in [7, 11) is 0. The summed E-state index contributed by atoms with van der Waals surface area (Å²) in [6.45, 7) is 1.01. The van der Waals surface area contributed by atoms with Crippen LogP contribution in [0.3, 0.4) is 0 Å². The molecule has 0 bridgehead atoms. The highest BCUT2D eigenvalue weighted by molar-refractivity contribution is 7.18. The smallest absolute Gasteiger partial charge is 0.124 e. The van der Waals surface area contributed by atoms with Gasteiger partial charge in [0.05, 0.1) is 10.2 Å². The SMILES string of the molecule is O[C@H](c1nc2ccccc2s1)[C@@H]1CCCN1. The fourth-order valence-electron chi connectivity index (χ4n) is 2.17. The minimum absolute atomic E-state index is 0.181. The Kier molecular flexibility index (Phi) is 2.63. The number of thiazole rings is 1. The number of aliphatic hydroxyl groups excluding tert-OH is 1. The van der Waals surface area contributed by atoms with E-state index in [0.717, 1.165) is 34.6 Å². The Morgan fingerprint density at radius 1 is 1.44 bits per heavy atom. The number of fused-ring (bicyclic) bond motifs is 1. The molecule has 1 aromatic heterocycles. The van der Waals surface area contributed by atoms with Crippen LogP contribution in [0.5, 0.6) is 0 Å². The number of nitrogens with zero attached hydrogens (tertiary/aromatic N) is 1. The molecule has 2 atom stereocenters. The Morgan fingerprint density at radius 2 is 2.31 bits per heavy atom. The lowest BCUT2D eigenvalue weighted by Crippen LogP contribution is -2.28. The maximum atomic E-state index is 10.2. The maximum absolute atomic E-state index is 10.2. The van der Waals surface area contributed by atoms with E-state index < -0.39 is 6.10 Å². The first kappa shape index (κ1) is 10.2. The number of hydrogen-bond acceptors (Lipinski definition) is 4. The van der Waals surface area contributed by atoms with Crippen molar-refractivity contribution in [1.82, 2.24) is 10.3 Å². The largest absolute Gasteiger partial charge is 0.384 e. The summed E-state index contributed by atoms with van der Waals surface area (Å²) in [6.07, 6.45) is 1.73. The number of rotatable bonds is 2. The van der Waals surface area contributed by atoms with Gasteiger partial charge in [0, 0.05) is 6.04 Å².